The lowest BCUT2D eigenvalue weighted by atomic mass is 10.0. The van der Waals surface area contributed by atoms with Crippen molar-refractivity contribution in [1.29, 1.82) is 0 Å². The predicted octanol–water partition coefficient (Wildman–Crippen LogP) is 1.32. The highest BCUT2D eigenvalue weighted by Gasteiger charge is 2.30. The maximum Gasteiger partial charge on any atom is 0.245 e. The zero-order valence-corrected chi connectivity index (χ0v) is 9.90. The van der Waals surface area contributed by atoms with Gasteiger partial charge in [-0.05, 0) is 32.4 Å². The molecular formula is C11H19N3O2. The molecule has 5 nitrogen and oxygen atoms in total. The van der Waals surface area contributed by atoms with Crippen LogP contribution in [0.5, 0.6) is 0 Å². The Bertz CT molecular complexity index is 327. The average Bonchev–Trinajstić information content (AvgIpc) is 2.87. The Labute approximate surface area is 95.6 Å². The molecule has 1 aromatic rings. The van der Waals surface area contributed by atoms with Crippen molar-refractivity contribution in [2.45, 2.75) is 32.3 Å². The van der Waals surface area contributed by atoms with Crippen LogP contribution in [0.25, 0.3) is 0 Å². The van der Waals surface area contributed by atoms with E-state index in [-0.39, 0.29) is 6.10 Å². The molecule has 16 heavy (non-hydrogen) atoms. The van der Waals surface area contributed by atoms with Crippen molar-refractivity contribution in [3.05, 3.63) is 11.8 Å². The van der Waals surface area contributed by atoms with Gasteiger partial charge in [0.25, 0.3) is 0 Å². The second kappa shape index (κ2) is 5.41. The maximum atomic E-state index is 5.61. The van der Waals surface area contributed by atoms with Crippen molar-refractivity contribution in [1.82, 2.24) is 15.5 Å². The molecule has 0 aliphatic carbocycles. The molecule has 1 N–H and O–H groups in total. The van der Waals surface area contributed by atoms with Gasteiger partial charge in [-0.25, -0.2) is 0 Å². The van der Waals surface area contributed by atoms with Crippen LogP contribution in [0.1, 0.15) is 37.7 Å². The van der Waals surface area contributed by atoms with Gasteiger partial charge in [-0.3, -0.25) is 0 Å². The second-order valence-corrected chi connectivity index (χ2v) is 4.30. The minimum Gasteiger partial charge on any atom is -0.422 e. The first kappa shape index (κ1) is 11.5. The quantitative estimate of drug-likeness (QED) is 0.766. The van der Waals surface area contributed by atoms with Crippen molar-refractivity contribution in [3.63, 3.8) is 0 Å². The number of aromatic nitrogens is 2. The summed E-state index contributed by atoms with van der Waals surface area (Å²) in [6.45, 7) is 3.92. The summed E-state index contributed by atoms with van der Waals surface area (Å²) < 4.78 is 11.2. The van der Waals surface area contributed by atoms with Gasteiger partial charge in [-0.1, -0.05) is 6.92 Å². The van der Waals surface area contributed by atoms with Crippen LogP contribution in [-0.4, -0.2) is 30.4 Å². The average molecular weight is 225 g/mol. The fourth-order valence-corrected chi connectivity index (χ4v) is 1.91. The van der Waals surface area contributed by atoms with Crippen LogP contribution in [0.4, 0.5) is 0 Å². The van der Waals surface area contributed by atoms with E-state index in [0.29, 0.717) is 17.7 Å². The molecule has 2 unspecified atom stereocenters. The Morgan fingerprint density at radius 3 is 3.00 bits per heavy atom. The summed E-state index contributed by atoms with van der Waals surface area (Å²) in [4.78, 5) is 0. The Hall–Kier alpha value is -0.940. The highest BCUT2D eigenvalue weighted by atomic mass is 16.5. The molecule has 1 aliphatic rings. The van der Waals surface area contributed by atoms with Crippen LogP contribution in [0, 0.1) is 5.92 Å². The smallest absolute Gasteiger partial charge is 0.245 e. The van der Waals surface area contributed by atoms with Crippen molar-refractivity contribution >= 4 is 0 Å². The van der Waals surface area contributed by atoms with E-state index >= 15 is 0 Å². The van der Waals surface area contributed by atoms with E-state index in [0.717, 1.165) is 32.4 Å². The van der Waals surface area contributed by atoms with Gasteiger partial charge in [0.1, 0.15) is 6.10 Å². The molecule has 2 heterocycles. The fourth-order valence-electron chi connectivity index (χ4n) is 1.91. The van der Waals surface area contributed by atoms with E-state index in [1.54, 1.807) is 0 Å². The molecule has 0 radical (unpaired) electrons. The topological polar surface area (TPSA) is 60.2 Å². The zero-order chi connectivity index (χ0) is 11.4. The van der Waals surface area contributed by atoms with Crippen LogP contribution in [0.3, 0.4) is 0 Å². The normalized spacial score (nSPS) is 25.1. The van der Waals surface area contributed by atoms with Gasteiger partial charge in [0.15, 0.2) is 0 Å². The lowest BCUT2D eigenvalue weighted by Crippen LogP contribution is -2.08. The summed E-state index contributed by atoms with van der Waals surface area (Å²) in [5.74, 6) is 1.84. The van der Waals surface area contributed by atoms with Crippen LogP contribution in [0.15, 0.2) is 4.42 Å². The number of nitrogens with zero attached hydrogens (tertiary/aromatic N) is 2. The van der Waals surface area contributed by atoms with E-state index < -0.39 is 0 Å². The van der Waals surface area contributed by atoms with Gasteiger partial charge in [0.2, 0.25) is 11.8 Å². The molecule has 2 rings (SSSR count). The van der Waals surface area contributed by atoms with Crippen molar-refractivity contribution in [3.8, 4) is 0 Å². The zero-order valence-electron chi connectivity index (χ0n) is 9.90. The Morgan fingerprint density at radius 2 is 2.31 bits per heavy atom. The summed E-state index contributed by atoms with van der Waals surface area (Å²) >= 11 is 0. The summed E-state index contributed by atoms with van der Waals surface area (Å²) in [5, 5.41) is 11.2. The number of hydrogen-bond acceptors (Lipinski definition) is 5. The van der Waals surface area contributed by atoms with Gasteiger partial charge >= 0.3 is 0 Å². The molecule has 5 heteroatoms. The Balaban J connectivity index is 1.91. The summed E-state index contributed by atoms with van der Waals surface area (Å²) in [5.41, 5.74) is 0. The molecule has 0 aromatic carbocycles. The first-order chi connectivity index (χ1) is 7.81. The third-order valence-corrected chi connectivity index (χ3v) is 2.93. The minimum atomic E-state index is 0.00514. The molecule has 90 valence electrons. The third-order valence-electron chi connectivity index (χ3n) is 2.93. The van der Waals surface area contributed by atoms with E-state index in [1.807, 2.05) is 7.05 Å². The Kier molecular flexibility index (Phi) is 3.90. The van der Waals surface area contributed by atoms with E-state index in [9.17, 15) is 0 Å². The molecule has 0 saturated carbocycles. The summed E-state index contributed by atoms with van der Waals surface area (Å²) in [7, 11) is 1.94. The summed E-state index contributed by atoms with van der Waals surface area (Å²) in [6, 6.07) is 0. The first-order valence-corrected chi connectivity index (χ1v) is 5.89. The van der Waals surface area contributed by atoms with Crippen molar-refractivity contribution in [2.24, 2.45) is 5.92 Å². The van der Waals surface area contributed by atoms with Gasteiger partial charge in [-0.2, -0.15) is 0 Å². The maximum absolute atomic E-state index is 5.61. The van der Waals surface area contributed by atoms with Gasteiger partial charge < -0.3 is 14.5 Å². The van der Waals surface area contributed by atoms with E-state index in [2.05, 4.69) is 22.4 Å². The molecule has 2 atom stereocenters. The fraction of sp³-hybridized carbons (Fsp3) is 0.818. The Morgan fingerprint density at radius 1 is 1.44 bits per heavy atom. The van der Waals surface area contributed by atoms with Crippen LogP contribution in [-0.2, 0) is 11.2 Å². The highest BCUT2D eigenvalue weighted by Crippen LogP contribution is 2.33. The number of nitrogens with one attached hydrogen (secondary N) is 1. The van der Waals surface area contributed by atoms with E-state index in [4.69, 9.17) is 9.15 Å². The largest absolute Gasteiger partial charge is 0.422 e. The van der Waals surface area contributed by atoms with Gasteiger partial charge in [0.05, 0.1) is 0 Å². The van der Waals surface area contributed by atoms with Crippen LogP contribution < -0.4 is 5.32 Å². The molecule has 1 saturated heterocycles. The molecule has 0 bridgehead atoms. The lowest BCUT2D eigenvalue weighted by Gasteiger charge is -2.08. The van der Waals surface area contributed by atoms with Crippen molar-refractivity contribution < 1.29 is 9.15 Å². The number of rotatable bonds is 5. The van der Waals surface area contributed by atoms with Crippen molar-refractivity contribution in [2.75, 3.05) is 20.2 Å². The van der Waals surface area contributed by atoms with Crippen LogP contribution in [0.2, 0.25) is 0 Å². The van der Waals surface area contributed by atoms with Gasteiger partial charge in [-0.15, -0.1) is 10.2 Å². The first-order valence-electron chi connectivity index (χ1n) is 5.89. The van der Waals surface area contributed by atoms with E-state index in [1.165, 1.54) is 0 Å². The standard InChI is InChI=1S/C11H19N3O2/c1-8-5-7-15-10(8)11-14-13-9(16-11)4-3-6-12-2/h8,10,12H,3-7H2,1-2H3. The second-order valence-electron chi connectivity index (χ2n) is 4.30. The third kappa shape index (κ3) is 2.59. The molecule has 1 fully saturated rings. The molecule has 0 amide bonds. The predicted molar refractivity (Wildman–Crippen MR) is 59.0 cm³/mol. The highest BCUT2D eigenvalue weighted by molar-refractivity contribution is 4.91. The van der Waals surface area contributed by atoms with Crippen LogP contribution >= 0.6 is 0 Å². The number of ether oxygens (including phenoxy) is 1. The molecule has 1 aliphatic heterocycles. The number of aryl methyl sites for hydroxylation is 1. The molecular weight excluding hydrogens is 206 g/mol. The SMILES string of the molecule is CNCCCc1nnc(C2OCCC2C)o1. The van der Waals surface area contributed by atoms with Gasteiger partial charge in [0, 0.05) is 13.0 Å². The number of hydrogen-bond donors (Lipinski definition) is 1. The lowest BCUT2D eigenvalue weighted by molar-refractivity contribution is 0.0704. The monoisotopic (exact) mass is 225 g/mol. The molecule has 1 aromatic heterocycles. The summed E-state index contributed by atoms with van der Waals surface area (Å²) in [6.07, 6.45) is 2.92. The minimum absolute atomic E-state index is 0.00514. The molecule has 0 spiro atoms.